The highest BCUT2D eigenvalue weighted by atomic mass is 14.7. The predicted octanol–water partition coefficient (Wildman–Crippen LogP) is 1.58. The van der Waals surface area contributed by atoms with Crippen molar-refractivity contribution in [1.82, 2.24) is 0 Å². The second kappa shape index (κ2) is 0.408. The summed E-state index contributed by atoms with van der Waals surface area (Å²) in [5.74, 6) is 0.970. The third-order valence-electron chi connectivity index (χ3n) is 2.31. The van der Waals surface area contributed by atoms with E-state index in [-0.39, 0.29) is 0 Å². The lowest BCUT2D eigenvalue weighted by atomic mass is 10.2. The average Bonchev–Trinajstić information content (AvgIpc) is 2.24. The van der Waals surface area contributed by atoms with Gasteiger partial charge in [0.2, 0.25) is 0 Å². The summed E-state index contributed by atoms with van der Waals surface area (Å²) < 4.78 is 0. The molecule has 0 spiro atoms. The van der Waals surface area contributed by atoms with E-state index in [1.165, 1.54) is 12.0 Å². The first-order valence-electron chi connectivity index (χ1n) is 2.44. The quantitative estimate of drug-likeness (QED) is 0.387. The Morgan fingerprint density at radius 3 is 2.33 bits per heavy atom. The van der Waals surface area contributed by atoms with Crippen LogP contribution in [0.2, 0.25) is 0 Å². The Balaban J connectivity index is 2.43. The number of hydrogen-bond acceptors (Lipinski definition) is 0. The number of hydrogen-bond donors (Lipinski definition) is 0. The fourth-order valence-corrected chi connectivity index (χ4v) is 1.14. The van der Waals surface area contributed by atoms with E-state index in [1.54, 1.807) is 0 Å². The lowest BCUT2D eigenvalue weighted by molar-refractivity contribution is 0.835. The maximum absolute atomic E-state index is 3.87. The van der Waals surface area contributed by atoms with Crippen molar-refractivity contribution in [3.05, 3.63) is 12.2 Å². The van der Waals surface area contributed by atoms with Gasteiger partial charge in [0, 0.05) is 0 Å². The van der Waals surface area contributed by atoms with Gasteiger partial charge >= 0.3 is 0 Å². The van der Waals surface area contributed by atoms with E-state index in [0.717, 1.165) is 5.92 Å². The van der Waals surface area contributed by atoms with E-state index >= 15 is 0 Å². The molecule has 0 nitrogen and oxygen atoms in total. The average molecular weight is 80.1 g/mol. The maximum Gasteiger partial charge on any atom is -0.00441 e. The van der Waals surface area contributed by atoms with E-state index < -0.39 is 0 Å². The van der Waals surface area contributed by atoms with Crippen molar-refractivity contribution < 1.29 is 0 Å². The summed E-state index contributed by atoms with van der Waals surface area (Å²) in [4.78, 5) is 0. The molecule has 6 heavy (non-hydrogen) atoms. The molecule has 0 bridgehead atoms. The highest BCUT2D eigenvalue weighted by molar-refractivity contribution is 5.47. The summed E-state index contributed by atoms with van der Waals surface area (Å²) in [6.45, 7) is 6.16. The molecule has 0 aliphatic heterocycles. The normalized spacial score (nSPS) is 60.8. The highest BCUT2D eigenvalue weighted by Crippen LogP contribution is 2.78. The van der Waals surface area contributed by atoms with Crippen LogP contribution in [0.15, 0.2) is 12.2 Å². The second-order valence-electron chi connectivity index (χ2n) is 2.70. The van der Waals surface area contributed by atoms with Crippen LogP contribution >= 0.6 is 0 Å². The van der Waals surface area contributed by atoms with Gasteiger partial charge in [-0.25, -0.2) is 0 Å². The number of allylic oxidation sites excluding steroid dienone is 1. The zero-order valence-corrected chi connectivity index (χ0v) is 3.99. The molecule has 0 saturated heterocycles. The monoisotopic (exact) mass is 80.1 g/mol. The van der Waals surface area contributed by atoms with Crippen LogP contribution in [0.4, 0.5) is 0 Å². The first-order chi connectivity index (χ1) is 2.75. The van der Waals surface area contributed by atoms with Crippen LogP contribution in [-0.4, -0.2) is 0 Å². The summed E-state index contributed by atoms with van der Waals surface area (Å²) in [7, 11) is 0. The Morgan fingerprint density at radius 2 is 2.33 bits per heavy atom. The topological polar surface area (TPSA) is 0 Å². The lowest BCUT2D eigenvalue weighted by Gasteiger charge is -1.85. The Labute approximate surface area is 37.9 Å². The molecule has 0 aromatic carbocycles. The minimum absolute atomic E-state index is 0.681. The summed E-state index contributed by atoms with van der Waals surface area (Å²) in [6, 6.07) is 0. The fourth-order valence-electron chi connectivity index (χ4n) is 1.14. The minimum atomic E-state index is 0.681. The van der Waals surface area contributed by atoms with Gasteiger partial charge < -0.3 is 0 Å². The van der Waals surface area contributed by atoms with Crippen LogP contribution < -0.4 is 0 Å². The van der Waals surface area contributed by atoms with Gasteiger partial charge in [-0.05, 0) is 17.8 Å². The molecule has 0 aromatic rings. The molecule has 0 heterocycles. The zero-order chi connectivity index (χ0) is 4.36. The molecule has 2 saturated carbocycles. The minimum Gasteiger partial charge on any atom is -0.0990 e. The Hall–Kier alpha value is -0.260. The van der Waals surface area contributed by atoms with Crippen molar-refractivity contribution in [3.63, 3.8) is 0 Å². The van der Waals surface area contributed by atoms with Crippen molar-refractivity contribution in [1.29, 1.82) is 0 Å². The molecule has 0 amide bonds. The molecule has 32 valence electrons. The van der Waals surface area contributed by atoms with Crippen LogP contribution in [0.3, 0.4) is 0 Å². The van der Waals surface area contributed by atoms with Gasteiger partial charge in [-0.2, -0.15) is 0 Å². The van der Waals surface area contributed by atoms with Crippen LogP contribution in [0.5, 0.6) is 0 Å². The van der Waals surface area contributed by atoms with Gasteiger partial charge in [0.25, 0.3) is 0 Å². The summed E-state index contributed by atoms with van der Waals surface area (Å²) in [6.07, 6.45) is 1.44. The highest BCUT2D eigenvalue weighted by Gasteiger charge is 2.69. The second-order valence-corrected chi connectivity index (χ2v) is 2.70. The molecule has 2 aliphatic rings. The summed E-state index contributed by atoms with van der Waals surface area (Å²) in [5.41, 5.74) is 2.18. The van der Waals surface area contributed by atoms with Crippen molar-refractivity contribution in [3.8, 4) is 0 Å². The maximum atomic E-state index is 3.87. The van der Waals surface area contributed by atoms with Crippen LogP contribution in [0.1, 0.15) is 13.3 Å². The van der Waals surface area contributed by atoms with Crippen molar-refractivity contribution in [2.24, 2.45) is 11.3 Å². The summed E-state index contributed by atoms with van der Waals surface area (Å²) >= 11 is 0. The number of rotatable bonds is 0. The molecule has 0 radical (unpaired) electrons. The summed E-state index contributed by atoms with van der Waals surface area (Å²) in [5, 5.41) is 0. The molecule has 0 heteroatoms. The molecule has 2 fully saturated rings. The molecular weight excluding hydrogens is 72.1 g/mol. The Bertz CT molecular complexity index is 124. The van der Waals surface area contributed by atoms with Crippen LogP contribution in [0.25, 0.3) is 0 Å². The Kier molecular flexibility index (Phi) is 0.193. The van der Waals surface area contributed by atoms with Gasteiger partial charge in [-0.1, -0.05) is 19.1 Å². The standard InChI is InChI=1S/C6H8/c1-4-5-3-6(4,5)2/h5H,1,3H2,2H3. The molecule has 2 aliphatic carbocycles. The van der Waals surface area contributed by atoms with E-state index in [4.69, 9.17) is 0 Å². The molecule has 0 aromatic heterocycles. The first-order valence-corrected chi connectivity index (χ1v) is 2.44. The van der Waals surface area contributed by atoms with Crippen molar-refractivity contribution in [2.75, 3.05) is 0 Å². The SMILES string of the molecule is C=C1C2CC12C. The third-order valence-corrected chi connectivity index (χ3v) is 2.31. The molecule has 2 atom stereocenters. The zero-order valence-electron chi connectivity index (χ0n) is 3.99. The Morgan fingerprint density at radius 1 is 2.00 bits per heavy atom. The molecule has 2 unspecified atom stereocenters. The molecule has 0 N–H and O–H groups in total. The van der Waals surface area contributed by atoms with Crippen LogP contribution in [-0.2, 0) is 0 Å². The third kappa shape index (κ3) is 0.100. The van der Waals surface area contributed by atoms with Gasteiger partial charge in [0.1, 0.15) is 0 Å². The van der Waals surface area contributed by atoms with Gasteiger partial charge in [0.15, 0.2) is 0 Å². The van der Waals surface area contributed by atoms with Gasteiger partial charge in [-0.3, -0.25) is 0 Å². The molecule has 2 rings (SSSR count). The van der Waals surface area contributed by atoms with Crippen molar-refractivity contribution in [2.45, 2.75) is 13.3 Å². The largest absolute Gasteiger partial charge is 0.0990 e. The molecular formula is C6H8. The van der Waals surface area contributed by atoms with E-state index in [0.29, 0.717) is 5.41 Å². The van der Waals surface area contributed by atoms with Crippen LogP contribution in [0, 0.1) is 11.3 Å². The number of fused-ring (bicyclic) bond motifs is 1. The van der Waals surface area contributed by atoms with E-state index in [9.17, 15) is 0 Å². The van der Waals surface area contributed by atoms with E-state index in [2.05, 4.69) is 13.5 Å². The lowest BCUT2D eigenvalue weighted by Crippen LogP contribution is -1.73. The smallest absolute Gasteiger partial charge is 0.00441 e. The predicted molar refractivity (Wildman–Crippen MR) is 25.4 cm³/mol. The fraction of sp³-hybridized carbons (Fsp3) is 0.667. The first kappa shape index (κ1) is 2.84. The van der Waals surface area contributed by atoms with Gasteiger partial charge in [0.05, 0.1) is 0 Å². The van der Waals surface area contributed by atoms with Gasteiger partial charge in [-0.15, -0.1) is 0 Å². The van der Waals surface area contributed by atoms with Crippen molar-refractivity contribution >= 4 is 0 Å². The van der Waals surface area contributed by atoms with E-state index in [1.807, 2.05) is 0 Å².